The molecular formula is C47H43NO3. The normalized spacial score (nSPS) is 11.2. The van der Waals surface area contributed by atoms with Crippen molar-refractivity contribution in [2.75, 3.05) is 0 Å². The number of hydrogen-bond donors (Lipinski definition) is 2. The minimum absolute atomic E-state index is 0.0288. The number of rotatable bonds is 7. The summed E-state index contributed by atoms with van der Waals surface area (Å²) in [6.07, 6.45) is 0. The summed E-state index contributed by atoms with van der Waals surface area (Å²) in [6, 6.07) is 56.5. The fraction of sp³-hybridized carbons (Fsp3) is 0.106. The number of aromatic hydroxyl groups is 2. The van der Waals surface area contributed by atoms with Crippen LogP contribution in [0, 0.1) is 27.7 Å². The third-order valence-electron chi connectivity index (χ3n) is 9.35. The Kier molecular flexibility index (Phi) is 10.4. The third kappa shape index (κ3) is 7.72. The molecule has 0 aliphatic rings. The molecule has 0 aromatic heterocycles. The summed E-state index contributed by atoms with van der Waals surface area (Å²) < 4.78 is 0.557. The summed E-state index contributed by atoms with van der Waals surface area (Å²) >= 11 is 0. The summed E-state index contributed by atoms with van der Waals surface area (Å²) in [7, 11) is 0. The molecule has 4 nitrogen and oxygen atoms in total. The van der Waals surface area contributed by atoms with Crippen molar-refractivity contribution in [1.82, 2.24) is 4.48 Å². The second-order valence-electron chi connectivity index (χ2n) is 13.2. The minimum atomic E-state index is -0.0678. The number of phenols is 2. The molecule has 0 aliphatic heterocycles. The molecule has 0 unspecified atom stereocenters. The van der Waals surface area contributed by atoms with Crippen LogP contribution < -0.4 is 9.59 Å². The highest BCUT2D eigenvalue weighted by molar-refractivity contribution is 5.81. The summed E-state index contributed by atoms with van der Waals surface area (Å²) in [6.45, 7) is 8.56. The first-order chi connectivity index (χ1) is 24.6. The molecule has 0 amide bonds. The van der Waals surface area contributed by atoms with Gasteiger partial charge in [-0.25, -0.2) is 0 Å². The predicted octanol–water partition coefficient (Wildman–Crippen LogP) is 11.6. The van der Waals surface area contributed by atoms with Crippen molar-refractivity contribution in [3.05, 3.63) is 209 Å². The van der Waals surface area contributed by atoms with E-state index >= 15 is 0 Å². The van der Waals surface area contributed by atoms with Crippen molar-refractivity contribution in [1.29, 1.82) is 0 Å². The Labute approximate surface area is 301 Å². The van der Waals surface area contributed by atoms with Gasteiger partial charge in [0, 0.05) is 54.4 Å². The highest BCUT2D eigenvalue weighted by atomic mass is 16.3. The van der Waals surface area contributed by atoms with Gasteiger partial charge in [-0.1, -0.05) is 119 Å². The maximum absolute atomic E-state index is 11.3. The summed E-state index contributed by atoms with van der Waals surface area (Å²) in [4.78, 5) is 0. The van der Waals surface area contributed by atoms with Crippen molar-refractivity contribution >= 4 is 22.7 Å². The standard InChI is InChI=1S/C28H28N.C19H16O3/c1-21-5-13-25(14-6-21)29(26-15-7-22(2)8-16-26,27-17-9-23(3)10-18-27)28-19-11-24(4)12-20-28;20-16-7-1-13(2-8-16)19(14-3-9-17(21)10-4-14)15-5-11-18(22)12-6-15/h5-20H,1-4H3;1-12,19-22H/q+1;/p-1. The third-order valence-corrected chi connectivity index (χ3v) is 9.35. The van der Waals surface area contributed by atoms with Gasteiger partial charge in [-0.15, -0.1) is 5.75 Å². The zero-order chi connectivity index (χ0) is 36.0. The van der Waals surface area contributed by atoms with Crippen LogP contribution in [0.3, 0.4) is 0 Å². The van der Waals surface area contributed by atoms with Gasteiger partial charge < -0.3 is 15.3 Å². The average molecular weight is 670 g/mol. The lowest BCUT2D eigenvalue weighted by Crippen LogP contribution is -2.33. The monoisotopic (exact) mass is 669 g/mol. The van der Waals surface area contributed by atoms with E-state index in [2.05, 4.69) is 125 Å². The lowest BCUT2D eigenvalue weighted by molar-refractivity contribution is -0.268. The molecule has 7 rings (SSSR count). The van der Waals surface area contributed by atoms with Gasteiger partial charge in [0.05, 0.1) is 0 Å². The van der Waals surface area contributed by atoms with E-state index in [1.807, 2.05) is 36.4 Å². The summed E-state index contributed by atoms with van der Waals surface area (Å²) in [5.74, 6) is 0.326. The second kappa shape index (κ2) is 15.2. The smallest absolute Gasteiger partial charge is 0.148 e. The van der Waals surface area contributed by atoms with Crippen molar-refractivity contribution in [3.8, 4) is 17.2 Å². The fourth-order valence-electron chi connectivity index (χ4n) is 6.54. The fourth-order valence-corrected chi connectivity index (χ4v) is 6.54. The summed E-state index contributed by atoms with van der Waals surface area (Å²) in [5.41, 5.74) is 13.0. The molecule has 254 valence electrons. The molecule has 0 saturated heterocycles. The van der Waals surface area contributed by atoms with E-state index in [4.69, 9.17) is 0 Å². The first kappa shape index (κ1) is 34.8. The van der Waals surface area contributed by atoms with Gasteiger partial charge in [-0.2, -0.15) is 4.48 Å². The maximum atomic E-state index is 11.3. The van der Waals surface area contributed by atoms with E-state index in [-0.39, 0.29) is 23.2 Å². The molecule has 0 saturated carbocycles. The molecule has 7 aromatic rings. The van der Waals surface area contributed by atoms with Crippen LogP contribution in [0.5, 0.6) is 17.2 Å². The van der Waals surface area contributed by atoms with Crippen LogP contribution in [0.4, 0.5) is 22.7 Å². The van der Waals surface area contributed by atoms with Crippen molar-refractivity contribution in [2.45, 2.75) is 33.6 Å². The lowest BCUT2D eigenvalue weighted by atomic mass is 9.85. The van der Waals surface area contributed by atoms with Gasteiger partial charge in [0.1, 0.15) is 34.2 Å². The average Bonchev–Trinajstić information content (AvgIpc) is 3.14. The summed E-state index contributed by atoms with van der Waals surface area (Å²) in [5, 5.41) is 30.3. The van der Waals surface area contributed by atoms with E-state index in [0.717, 1.165) is 16.7 Å². The topological polar surface area (TPSA) is 63.5 Å². The molecule has 7 aromatic carbocycles. The first-order valence-corrected chi connectivity index (χ1v) is 17.2. The van der Waals surface area contributed by atoms with Crippen LogP contribution in [0.15, 0.2) is 170 Å². The van der Waals surface area contributed by atoms with Gasteiger partial charge in [-0.3, -0.25) is 0 Å². The van der Waals surface area contributed by atoms with E-state index in [0.29, 0.717) is 4.48 Å². The molecule has 0 atom stereocenters. The van der Waals surface area contributed by atoms with Crippen LogP contribution in [0.2, 0.25) is 0 Å². The molecule has 51 heavy (non-hydrogen) atoms. The van der Waals surface area contributed by atoms with E-state index < -0.39 is 0 Å². The Morgan fingerprint density at radius 2 is 0.588 bits per heavy atom. The Bertz CT molecular complexity index is 1860. The van der Waals surface area contributed by atoms with E-state index in [9.17, 15) is 15.3 Å². The number of phenolic OH excluding ortho intramolecular Hbond substituents is 2. The predicted molar refractivity (Wildman–Crippen MR) is 209 cm³/mol. The molecule has 0 bridgehead atoms. The molecule has 2 N–H and O–H groups in total. The molecule has 0 aliphatic carbocycles. The first-order valence-electron chi connectivity index (χ1n) is 17.2. The minimum Gasteiger partial charge on any atom is -0.872 e. The lowest BCUT2D eigenvalue weighted by Gasteiger charge is -2.37. The Hall–Kier alpha value is -6.10. The SMILES string of the molecule is Cc1ccc([N+](c2ccc(C)cc2)(c2ccc(C)cc2)c2ccc(C)cc2)cc1.[O-]c1ccc(C(c2ccc(O)cc2)c2ccc(O)cc2)cc1. The number of quaternary nitrogens is 1. The van der Waals surface area contributed by atoms with Crippen molar-refractivity contribution < 1.29 is 15.3 Å². The largest absolute Gasteiger partial charge is 0.872 e. The van der Waals surface area contributed by atoms with Gasteiger partial charge in [0.25, 0.3) is 0 Å². The van der Waals surface area contributed by atoms with Crippen LogP contribution >= 0.6 is 0 Å². The van der Waals surface area contributed by atoms with Crippen LogP contribution in [0.25, 0.3) is 0 Å². The molecule has 0 fully saturated rings. The Morgan fingerprint density at radius 3 is 0.843 bits per heavy atom. The molecule has 0 spiro atoms. The highest BCUT2D eigenvalue weighted by Crippen LogP contribution is 2.51. The van der Waals surface area contributed by atoms with Gasteiger partial charge >= 0.3 is 0 Å². The zero-order valence-corrected chi connectivity index (χ0v) is 29.5. The number of nitrogens with zero attached hydrogens (tertiary/aromatic N) is 1. The Balaban J connectivity index is 0.000000183. The van der Waals surface area contributed by atoms with Gasteiger partial charge in [0.15, 0.2) is 0 Å². The number of aryl methyl sites for hydroxylation is 4. The molecule has 0 radical (unpaired) electrons. The van der Waals surface area contributed by atoms with Crippen molar-refractivity contribution in [3.63, 3.8) is 0 Å². The number of benzene rings is 7. The molecular weight excluding hydrogens is 627 g/mol. The van der Waals surface area contributed by atoms with Gasteiger partial charge in [0.2, 0.25) is 0 Å². The van der Waals surface area contributed by atoms with Crippen LogP contribution in [-0.2, 0) is 0 Å². The van der Waals surface area contributed by atoms with Crippen LogP contribution in [-0.4, -0.2) is 10.2 Å². The zero-order valence-electron chi connectivity index (χ0n) is 29.5. The van der Waals surface area contributed by atoms with Gasteiger partial charge in [-0.05, 0) is 68.7 Å². The molecule has 0 heterocycles. The Morgan fingerprint density at radius 1 is 0.353 bits per heavy atom. The van der Waals surface area contributed by atoms with Crippen molar-refractivity contribution in [2.24, 2.45) is 0 Å². The highest BCUT2D eigenvalue weighted by Gasteiger charge is 2.39. The van der Waals surface area contributed by atoms with Crippen LogP contribution in [0.1, 0.15) is 44.9 Å². The maximum Gasteiger partial charge on any atom is 0.148 e. The second-order valence-corrected chi connectivity index (χ2v) is 13.2. The molecule has 4 heteroatoms. The van der Waals surface area contributed by atoms with E-state index in [1.54, 1.807) is 36.4 Å². The quantitative estimate of drug-likeness (QED) is 0.131. The number of hydrogen-bond acceptors (Lipinski definition) is 3. The van der Waals surface area contributed by atoms with E-state index in [1.165, 1.54) is 45.0 Å².